The number of carbonyl (C=O) groups is 1. The Labute approximate surface area is 112 Å². The average Bonchev–Trinajstić information content (AvgIpc) is 2.36. The Kier molecular flexibility index (Phi) is 5.95. The third-order valence-electron chi connectivity index (χ3n) is 2.66. The first-order chi connectivity index (χ1) is 8.54. The Hall–Kier alpha value is -1.26. The van der Waals surface area contributed by atoms with Crippen LogP contribution in [0.2, 0.25) is 0 Å². The first-order valence-electron chi connectivity index (χ1n) is 5.72. The van der Waals surface area contributed by atoms with Gasteiger partial charge in [-0.25, -0.2) is 0 Å². The van der Waals surface area contributed by atoms with Crippen LogP contribution in [0.25, 0.3) is 0 Å². The lowest BCUT2D eigenvalue weighted by molar-refractivity contribution is -0.137. The second kappa shape index (κ2) is 7.24. The summed E-state index contributed by atoms with van der Waals surface area (Å²) in [5.74, 6) is -0.0469. The standard InChI is InChI=1S/C13H18ClNO3/c1-15(8-7-13(16)17)9-11(14)10-5-3-4-6-12(10)18-2/h3-6,11H,7-9H2,1-2H3,(H,16,17). The largest absolute Gasteiger partial charge is 0.496 e. The van der Waals surface area contributed by atoms with Crippen molar-refractivity contribution >= 4 is 17.6 Å². The number of hydrogen-bond acceptors (Lipinski definition) is 3. The molecule has 0 amide bonds. The van der Waals surface area contributed by atoms with Crippen molar-refractivity contribution in [2.75, 3.05) is 27.2 Å². The minimum atomic E-state index is -0.801. The molecular weight excluding hydrogens is 254 g/mol. The van der Waals surface area contributed by atoms with Crippen molar-refractivity contribution in [3.8, 4) is 5.75 Å². The minimum Gasteiger partial charge on any atom is -0.496 e. The van der Waals surface area contributed by atoms with E-state index in [4.69, 9.17) is 21.4 Å². The van der Waals surface area contributed by atoms with Crippen molar-refractivity contribution < 1.29 is 14.6 Å². The fraction of sp³-hybridized carbons (Fsp3) is 0.462. The van der Waals surface area contributed by atoms with E-state index in [2.05, 4.69) is 0 Å². The molecule has 0 saturated heterocycles. The van der Waals surface area contributed by atoms with Gasteiger partial charge >= 0.3 is 5.97 Å². The van der Waals surface area contributed by atoms with Crippen molar-refractivity contribution in [3.05, 3.63) is 29.8 Å². The lowest BCUT2D eigenvalue weighted by Crippen LogP contribution is -2.25. The topological polar surface area (TPSA) is 49.8 Å². The third kappa shape index (κ3) is 4.55. The highest BCUT2D eigenvalue weighted by Gasteiger charge is 2.15. The summed E-state index contributed by atoms with van der Waals surface area (Å²) < 4.78 is 5.25. The Bertz CT molecular complexity index is 398. The number of alkyl halides is 1. The van der Waals surface area contributed by atoms with E-state index < -0.39 is 5.97 Å². The van der Waals surface area contributed by atoms with Crippen LogP contribution < -0.4 is 4.74 Å². The fourth-order valence-electron chi connectivity index (χ4n) is 1.67. The highest BCUT2D eigenvalue weighted by atomic mass is 35.5. The highest BCUT2D eigenvalue weighted by molar-refractivity contribution is 6.21. The van der Waals surface area contributed by atoms with Crippen LogP contribution in [0.4, 0.5) is 0 Å². The number of carboxylic acid groups (broad SMARTS) is 1. The lowest BCUT2D eigenvalue weighted by atomic mass is 10.1. The van der Waals surface area contributed by atoms with Crippen molar-refractivity contribution in [3.63, 3.8) is 0 Å². The molecule has 0 spiro atoms. The predicted molar refractivity (Wildman–Crippen MR) is 71.3 cm³/mol. The predicted octanol–water partition coefficient (Wildman–Crippen LogP) is 2.38. The number of halogens is 1. The molecule has 0 radical (unpaired) electrons. The summed E-state index contributed by atoms with van der Waals surface area (Å²) in [6, 6.07) is 7.58. The van der Waals surface area contributed by atoms with Crippen LogP contribution in [0.15, 0.2) is 24.3 Å². The molecule has 0 saturated carbocycles. The van der Waals surface area contributed by atoms with Crippen molar-refractivity contribution in [2.45, 2.75) is 11.8 Å². The molecule has 0 fully saturated rings. The molecule has 0 aliphatic heterocycles. The summed E-state index contributed by atoms with van der Waals surface area (Å²) in [5, 5.41) is 8.39. The Balaban J connectivity index is 2.58. The van der Waals surface area contributed by atoms with Crippen molar-refractivity contribution in [1.82, 2.24) is 4.90 Å². The van der Waals surface area contributed by atoms with Crippen molar-refractivity contribution in [2.24, 2.45) is 0 Å². The SMILES string of the molecule is COc1ccccc1C(Cl)CN(C)CCC(=O)O. The van der Waals surface area contributed by atoms with Crippen LogP contribution in [0, 0.1) is 0 Å². The highest BCUT2D eigenvalue weighted by Crippen LogP contribution is 2.29. The molecule has 1 aromatic rings. The maximum absolute atomic E-state index is 10.5. The van der Waals surface area contributed by atoms with Crippen LogP contribution in [0.3, 0.4) is 0 Å². The first kappa shape index (κ1) is 14.8. The van der Waals surface area contributed by atoms with Crippen LogP contribution in [0.1, 0.15) is 17.4 Å². The maximum Gasteiger partial charge on any atom is 0.304 e. The van der Waals surface area contributed by atoms with Crippen molar-refractivity contribution in [1.29, 1.82) is 0 Å². The molecule has 5 heteroatoms. The van der Waals surface area contributed by atoms with Gasteiger partial charge in [0.25, 0.3) is 0 Å². The number of ether oxygens (including phenoxy) is 1. The normalized spacial score (nSPS) is 12.4. The van der Waals surface area contributed by atoms with Crippen LogP contribution >= 0.6 is 11.6 Å². The number of rotatable bonds is 7. The quantitative estimate of drug-likeness (QED) is 0.774. The monoisotopic (exact) mass is 271 g/mol. The molecule has 1 N–H and O–H groups in total. The van der Waals surface area contributed by atoms with Crippen LogP contribution in [-0.4, -0.2) is 43.2 Å². The molecule has 0 heterocycles. The molecule has 18 heavy (non-hydrogen) atoms. The van der Waals surface area contributed by atoms with Gasteiger partial charge in [-0.15, -0.1) is 11.6 Å². The van der Waals surface area contributed by atoms with Gasteiger partial charge in [0.2, 0.25) is 0 Å². The molecule has 1 unspecified atom stereocenters. The maximum atomic E-state index is 10.5. The zero-order valence-corrected chi connectivity index (χ0v) is 11.4. The van der Waals surface area contributed by atoms with E-state index in [1.165, 1.54) is 0 Å². The smallest absolute Gasteiger partial charge is 0.304 e. The van der Waals surface area contributed by atoms with Gasteiger partial charge in [0, 0.05) is 18.7 Å². The number of para-hydroxylation sites is 1. The molecule has 0 aliphatic rings. The summed E-state index contributed by atoms with van der Waals surface area (Å²) in [6.45, 7) is 1.06. The van der Waals surface area contributed by atoms with Crippen LogP contribution in [-0.2, 0) is 4.79 Å². The summed E-state index contributed by atoms with van der Waals surface area (Å²) >= 11 is 6.33. The number of carboxylic acids is 1. The van der Waals surface area contributed by atoms with E-state index >= 15 is 0 Å². The molecular formula is C13H18ClNO3. The van der Waals surface area contributed by atoms with E-state index in [1.54, 1.807) is 7.11 Å². The van der Waals surface area contributed by atoms with Gasteiger partial charge in [0.05, 0.1) is 18.9 Å². The van der Waals surface area contributed by atoms with Gasteiger partial charge in [-0.3, -0.25) is 4.79 Å². The summed E-state index contributed by atoms with van der Waals surface area (Å²) in [4.78, 5) is 12.4. The lowest BCUT2D eigenvalue weighted by Gasteiger charge is -2.20. The van der Waals surface area contributed by atoms with Gasteiger partial charge in [0.1, 0.15) is 5.75 Å². The average molecular weight is 272 g/mol. The molecule has 0 aliphatic carbocycles. The van der Waals surface area contributed by atoms with E-state index in [-0.39, 0.29) is 11.8 Å². The number of methoxy groups -OCH3 is 1. The molecule has 4 nitrogen and oxygen atoms in total. The number of likely N-dealkylation sites (N-methyl/N-ethyl adjacent to an activating group) is 1. The second-order valence-corrected chi connectivity index (χ2v) is 4.64. The molecule has 0 bridgehead atoms. The van der Waals surface area contributed by atoms with Gasteiger partial charge in [-0.1, -0.05) is 18.2 Å². The zero-order chi connectivity index (χ0) is 13.5. The molecule has 0 aromatic heterocycles. The van der Waals surface area contributed by atoms with E-state index in [0.29, 0.717) is 13.1 Å². The number of hydrogen-bond donors (Lipinski definition) is 1. The Morgan fingerprint density at radius 2 is 2.17 bits per heavy atom. The molecule has 1 aromatic carbocycles. The number of nitrogens with zero attached hydrogens (tertiary/aromatic N) is 1. The molecule has 100 valence electrons. The third-order valence-corrected chi connectivity index (χ3v) is 3.03. The second-order valence-electron chi connectivity index (χ2n) is 4.12. The summed E-state index contributed by atoms with van der Waals surface area (Å²) in [5.41, 5.74) is 0.920. The minimum absolute atomic E-state index is 0.117. The van der Waals surface area contributed by atoms with Gasteiger partial charge in [-0.05, 0) is 13.1 Å². The van der Waals surface area contributed by atoms with Gasteiger partial charge in [-0.2, -0.15) is 0 Å². The number of aliphatic carboxylic acids is 1. The first-order valence-corrected chi connectivity index (χ1v) is 6.15. The molecule has 1 atom stereocenters. The van der Waals surface area contributed by atoms with E-state index in [1.807, 2.05) is 36.2 Å². The van der Waals surface area contributed by atoms with E-state index in [0.717, 1.165) is 11.3 Å². The number of benzene rings is 1. The summed E-state index contributed by atoms with van der Waals surface area (Å²) in [7, 11) is 3.46. The summed E-state index contributed by atoms with van der Waals surface area (Å²) in [6.07, 6.45) is 0.117. The van der Waals surface area contributed by atoms with Crippen LogP contribution in [0.5, 0.6) is 5.75 Å². The fourth-order valence-corrected chi connectivity index (χ4v) is 2.09. The Morgan fingerprint density at radius 3 is 2.78 bits per heavy atom. The van der Waals surface area contributed by atoms with Gasteiger partial charge in [0.15, 0.2) is 0 Å². The van der Waals surface area contributed by atoms with E-state index in [9.17, 15) is 4.79 Å². The zero-order valence-electron chi connectivity index (χ0n) is 10.6. The Morgan fingerprint density at radius 1 is 1.50 bits per heavy atom. The van der Waals surface area contributed by atoms with Gasteiger partial charge < -0.3 is 14.7 Å². The molecule has 1 rings (SSSR count).